The van der Waals surface area contributed by atoms with E-state index in [9.17, 15) is 13.2 Å². The fraction of sp³-hybridized carbons (Fsp3) is 0.444. The second kappa shape index (κ2) is 4.56. The number of halogens is 1. The summed E-state index contributed by atoms with van der Waals surface area (Å²) in [5, 5.41) is 1.80. The predicted molar refractivity (Wildman–Crippen MR) is 66.3 cm³/mol. The molecule has 0 N–H and O–H groups in total. The zero-order chi connectivity index (χ0) is 11.8. The first-order valence-electron chi connectivity index (χ1n) is 4.75. The molecule has 0 bridgehead atoms. The van der Waals surface area contributed by atoms with Gasteiger partial charge in [0.05, 0.1) is 17.2 Å². The summed E-state index contributed by atoms with van der Waals surface area (Å²) < 4.78 is 25.0. The van der Waals surface area contributed by atoms with E-state index in [2.05, 4.69) is 15.9 Å². The number of hydrogen-bond donors (Lipinski definition) is 0. The molecule has 1 aliphatic heterocycles. The van der Waals surface area contributed by atoms with E-state index >= 15 is 0 Å². The van der Waals surface area contributed by atoms with Crippen molar-refractivity contribution in [2.24, 2.45) is 0 Å². The van der Waals surface area contributed by atoms with Crippen molar-refractivity contribution in [2.75, 3.05) is 18.8 Å². The minimum absolute atomic E-state index is 0.0402. The Labute approximate surface area is 106 Å². The topological polar surface area (TPSA) is 54.5 Å². The lowest BCUT2D eigenvalue weighted by molar-refractivity contribution is 0.0972. The van der Waals surface area contributed by atoms with E-state index in [0.29, 0.717) is 17.8 Å². The molecule has 88 valence electrons. The summed E-state index contributed by atoms with van der Waals surface area (Å²) in [5.41, 5.74) is 0. The number of hydrogen-bond acceptors (Lipinski definition) is 4. The van der Waals surface area contributed by atoms with E-state index in [1.165, 1.54) is 15.6 Å². The third-order valence-electron chi connectivity index (χ3n) is 2.39. The lowest BCUT2D eigenvalue weighted by Crippen LogP contribution is -2.31. The highest BCUT2D eigenvalue weighted by Gasteiger charge is 2.30. The van der Waals surface area contributed by atoms with Crippen molar-refractivity contribution in [1.29, 1.82) is 0 Å². The van der Waals surface area contributed by atoms with Crippen LogP contribution in [0, 0.1) is 0 Å². The van der Waals surface area contributed by atoms with Crippen LogP contribution in [0.1, 0.15) is 16.1 Å². The Kier molecular flexibility index (Phi) is 3.48. The Morgan fingerprint density at radius 2 is 2.31 bits per heavy atom. The van der Waals surface area contributed by atoms with Crippen LogP contribution in [0.3, 0.4) is 0 Å². The molecular weight excluding hydrogens is 314 g/mol. The van der Waals surface area contributed by atoms with Gasteiger partial charge in [-0.1, -0.05) is 0 Å². The maximum Gasteiger partial charge on any atom is 0.214 e. The van der Waals surface area contributed by atoms with E-state index in [0.717, 1.165) is 4.47 Å². The van der Waals surface area contributed by atoms with Gasteiger partial charge in [-0.15, -0.1) is 11.3 Å². The molecule has 1 aliphatic rings. The van der Waals surface area contributed by atoms with E-state index in [-0.39, 0.29) is 18.1 Å². The molecule has 7 heteroatoms. The molecular formula is C9H10BrNO3S2. The molecule has 0 amide bonds. The number of carbonyl (C=O) groups is 1. The standard InChI is InChI=1S/C9H10BrNO3S2/c10-7-2-4-15-9(7)8(12)6-11-3-1-5-16(11,13)14/h2,4H,1,3,5-6H2. The normalized spacial score (nSPS) is 20.1. The molecule has 0 aliphatic carbocycles. The van der Waals surface area contributed by atoms with E-state index in [1.807, 2.05) is 0 Å². The molecule has 2 rings (SSSR count). The monoisotopic (exact) mass is 323 g/mol. The summed E-state index contributed by atoms with van der Waals surface area (Å²) in [4.78, 5) is 12.4. The van der Waals surface area contributed by atoms with Gasteiger partial charge in [-0.3, -0.25) is 4.79 Å². The molecule has 2 heterocycles. The smallest absolute Gasteiger partial charge is 0.214 e. The van der Waals surface area contributed by atoms with Gasteiger partial charge in [0.2, 0.25) is 10.0 Å². The predicted octanol–water partition coefficient (Wildman–Crippen LogP) is 1.73. The Morgan fingerprint density at radius 3 is 2.81 bits per heavy atom. The minimum atomic E-state index is -3.18. The van der Waals surface area contributed by atoms with Crippen molar-refractivity contribution >= 4 is 43.1 Å². The Balaban J connectivity index is 2.12. The van der Waals surface area contributed by atoms with Gasteiger partial charge >= 0.3 is 0 Å². The summed E-state index contributed by atoms with van der Waals surface area (Å²) in [6.07, 6.45) is 0.612. The van der Waals surface area contributed by atoms with E-state index in [1.54, 1.807) is 11.4 Å². The molecule has 0 saturated carbocycles. The Bertz CT molecular complexity index is 509. The van der Waals surface area contributed by atoms with E-state index < -0.39 is 10.0 Å². The largest absolute Gasteiger partial charge is 0.292 e. The highest BCUT2D eigenvalue weighted by Crippen LogP contribution is 2.24. The molecule has 0 spiro atoms. The molecule has 0 radical (unpaired) electrons. The van der Waals surface area contributed by atoms with Crippen molar-refractivity contribution in [3.63, 3.8) is 0 Å². The Hall–Kier alpha value is -0.240. The number of sulfonamides is 1. The van der Waals surface area contributed by atoms with Gasteiger partial charge in [0.25, 0.3) is 0 Å². The molecule has 1 aromatic heterocycles. The zero-order valence-corrected chi connectivity index (χ0v) is 11.6. The van der Waals surface area contributed by atoms with Crippen LogP contribution in [0.25, 0.3) is 0 Å². The third kappa shape index (κ3) is 2.37. The first-order chi connectivity index (χ1) is 7.50. The number of rotatable bonds is 3. The van der Waals surface area contributed by atoms with E-state index in [4.69, 9.17) is 0 Å². The molecule has 1 fully saturated rings. The zero-order valence-electron chi connectivity index (χ0n) is 8.35. The number of thiophene rings is 1. The van der Waals surface area contributed by atoms with Gasteiger partial charge in [-0.25, -0.2) is 8.42 Å². The Morgan fingerprint density at radius 1 is 1.56 bits per heavy atom. The SMILES string of the molecule is O=C(CN1CCCS1(=O)=O)c1sccc1Br. The fourth-order valence-corrected chi connectivity index (χ4v) is 4.59. The van der Waals surface area contributed by atoms with Crippen molar-refractivity contribution in [3.8, 4) is 0 Å². The van der Waals surface area contributed by atoms with Crippen LogP contribution < -0.4 is 0 Å². The van der Waals surface area contributed by atoms with Crippen LogP contribution in [0.4, 0.5) is 0 Å². The van der Waals surface area contributed by atoms with Gasteiger partial charge in [0, 0.05) is 11.0 Å². The van der Waals surface area contributed by atoms with Crippen LogP contribution >= 0.6 is 27.3 Å². The average molecular weight is 324 g/mol. The maximum atomic E-state index is 11.8. The first-order valence-corrected chi connectivity index (χ1v) is 8.03. The summed E-state index contributed by atoms with van der Waals surface area (Å²) in [6, 6.07) is 1.79. The van der Waals surface area contributed by atoms with Gasteiger partial charge in [0.1, 0.15) is 0 Å². The lowest BCUT2D eigenvalue weighted by Gasteiger charge is -2.12. The van der Waals surface area contributed by atoms with Crippen molar-refractivity contribution in [3.05, 3.63) is 20.8 Å². The molecule has 0 atom stereocenters. The van der Waals surface area contributed by atoms with Crippen molar-refractivity contribution in [2.45, 2.75) is 6.42 Å². The van der Waals surface area contributed by atoms with Crippen molar-refractivity contribution < 1.29 is 13.2 Å². The van der Waals surface area contributed by atoms with Gasteiger partial charge in [0.15, 0.2) is 5.78 Å². The molecule has 4 nitrogen and oxygen atoms in total. The van der Waals surface area contributed by atoms with Crippen LogP contribution in [0.15, 0.2) is 15.9 Å². The second-order valence-electron chi connectivity index (χ2n) is 3.52. The molecule has 16 heavy (non-hydrogen) atoms. The highest BCUT2D eigenvalue weighted by atomic mass is 79.9. The van der Waals surface area contributed by atoms with Crippen LogP contribution in [0.5, 0.6) is 0 Å². The van der Waals surface area contributed by atoms with Gasteiger partial charge in [-0.05, 0) is 33.8 Å². The molecule has 1 saturated heterocycles. The molecule has 0 unspecified atom stereocenters. The second-order valence-corrected chi connectivity index (χ2v) is 7.38. The summed E-state index contributed by atoms with van der Waals surface area (Å²) >= 11 is 4.59. The number of Topliss-reactive ketones (excluding diaryl/α,β-unsaturated/α-hetero) is 1. The van der Waals surface area contributed by atoms with Gasteiger partial charge < -0.3 is 0 Å². The average Bonchev–Trinajstić information content (AvgIpc) is 2.74. The lowest BCUT2D eigenvalue weighted by atomic mass is 10.3. The molecule has 0 aromatic carbocycles. The summed E-state index contributed by atoms with van der Waals surface area (Å²) in [5.74, 6) is 0.0126. The summed E-state index contributed by atoms with van der Waals surface area (Å²) in [6.45, 7) is 0.415. The minimum Gasteiger partial charge on any atom is -0.292 e. The van der Waals surface area contributed by atoms with Crippen molar-refractivity contribution in [1.82, 2.24) is 4.31 Å². The quantitative estimate of drug-likeness (QED) is 0.796. The third-order valence-corrected chi connectivity index (χ3v) is 6.18. The highest BCUT2D eigenvalue weighted by molar-refractivity contribution is 9.10. The van der Waals surface area contributed by atoms with Crippen LogP contribution in [0.2, 0.25) is 0 Å². The molecule has 1 aromatic rings. The number of ketones is 1. The first kappa shape index (κ1) is 12.2. The van der Waals surface area contributed by atoms with Crippen LogP contribution in [-0.2, 0) is 10.0 Å². The fourth-order valence-electron chi connectivity index (χ4n) is 1.59. The van der Waals surface area contributed by atoms with Gasteiger partial charge in [-0.2, -0.15) is 4.31 Å². The maximum absolute atomic E-state index is 11.8. The number of nitrogens with zero attached hydrogens (tertiary/aromatic N) is 1. The number of carbonyl (C=O) groups excluding carboxylic acids is 1. The van der Waals surface area contributed by atoms with Crippen LogP contribution in [-0.4, -0.2) is 37.3 Å². The summed E-state index contributed by atoms with van der Waals surface area (Å²) in [7, 11) is -3.18.